The number of nitrogens with zero attached hydrogens (tertiary/aromatic N) is 2. The zero-order valence-corrected chi connectivity index (χ0v) is 16.4. The highest BCUT2D eigenvalue weighted by Gasteiger charge is 2.50. The molecule has 0 amide bonds. The number of cyclic esters (lactones) is 1. The number of aryl methyl sites for hydroxylation is 1. The number of benzene rings is 2. The van der Waals surface area contributed by atoms with Crippen LogP contribution in [0.5, 0.6) is 5.75 Å². The van der Waals surface area contributed by atoms with Gasteiger partial charge in [0.25, 0.3) is 0 Å². The van der Waals surface area contributed by atoms with Crippen molar-refractivity contribution in [2.24, 2.45) is 4.99 Å². The molecule has 4 aliphatic heterocycles. The highest BCUT2D eigenvalue weighted by Crippen LogP contribution is 2.42. The van der Waals surface area contributed by atoms with Gasteiger partial charge >= 0.3 is 11.9 Å². The van der Waals surface area contributed by atoms with Gasteiger partial charge in [0.2, 0.25) is 0 Å². The van der Waals surface area contributed by atoms with Crippen molar-refractivity contribution < 1.29 is 19.1 Å². The lowest BCUT2D eigenvalue weighted by Crippen LogP contribution is -2.51. The Morgan fingerprint density at radius 3 is 3.00 bits per heavy atom. The summed E-state index contributed by atoms with van der Waals surface area (Å²) in [6, 6.07) is 9.62. The Kier molecular flexibility index (Phi) is 3.37. The van der Waals surface area contributed by atoms with E-state index in [-0.39, 0.29) is 5.97 Å². The Balaban J connectivity index is 1.43. The van der Waals surface area contributed by atoms with Gasteiger partial charge in [-0.25, -0.2) is 20.1 Å². The van der Waals surface area contributed by atoms with Gasteiger partial charge in [0.1, 0.15) is 18.2 Å². The van der Waals surface area contributed by atoms with Gasteiger partial charge in [-0.2, -0.15) is 0 Å². The first-order valence-electron chi connectivity index (χ1n) is 9.64. The normalized spacial score (nSPS) is 22.9. The van der Waals surface area contributed by atoms with E-state index in [0.29, 0.717) is 24.6 Å². The Morgan fingerprint density at radius 1 is 1.20 bits per heavy atom. The van der Waals surface area contributed by atoms with E-state index in [1.54, 1.807) is 12.3 Å². The number of allylic oxidation sites excluding steroid dienone is 1. The highest BCUT2D eigenvalue weighted by atomic mass is 16.7. The maximum absolute atomic E-state index is 12.1. The number of carbonyl (C=O) groups excluding carboxylic acids is 1. The summed E-state index contributed by atoms with van der Waals surface area (Å²) in [5.74, 6) is 0.0330. The number of aliphatic imine (C=N–C) groups is 1. The van der Waals surface area contributed by atoms with Crippen LogP contribution in [0.1, 0.15) is 28.4 Å². The van der Waals surface area contributed by atoms with E-state index in [9.17, 15) is 4.79 Å². The standard InChI is InChI=1S/C21H19N5O4/c1-11-5-13(6-15-16(11)9-28-20(15)27)24-21-23-8-12(2)19(25-30-21)26(21)14-3-4-18-17(7-14)22-10-29-18/h3-8,22,24-25H,9-10H2,1-2H3. The van der Waals surface area contributed by atoms with E-state index in [0.717, 1.165) is 39.6 Å². The van der Waals surface area contributed by atoms with E-state index in [1.165, 1.54) is 0 Å². The maximum Gasteiger partial charge on any atom is 0.351 e. The summed E-state index contributed by atoms with van der Waals surface area (Å²) in [6.07, 6.45) is 1.77. The van der Waals surface area contributed by atoms with Crippen molar-refractivity contribution in [1.82, 2.24) is 5.48 Å². The molecule has 152 valence electrons. The van der Waals surface area contributed by atoms with Crippen LogP contribution in [0.15, 0.2) is 46.7 Å². The zero-order valence-electron chi connectivity index (χ0n) is 16.4. The molecule has 2 aromatic rings. The second kappa shape index (κ2) is 5.90. The number of hydroxylamine groups is 1. The number of anilines is 3. The molecule has 6 rings (SSSR count). The number of carbonyl (C=O) groups is 1. The molecular formula is C21H19N5O4. The predicted molar refractivity (Wildman–Crippen MR) is 110 cm³/mol. The molecule has 9 heteroatoms. The first kappa shape index (κ1) is 17.2. The molecule has 0 aliphatic carbocycles. The number of ether oxygens (including phenoxy) is 2. The van der Waals surface area contributed by atoms with Crippen LogP contribution in [-0.2, 0) is 16.2 Å². The lowest BCUT2D eigenvalue weighted by molar-refractivity contribution is -0.0214. The number of rotatable bonds is 3. The number of fused-ring (bicyclic) bond motifs is 4. The fourth-order valence-electron chi connectivity index (χ4n) is 4.15. The van der Waals surface area contributed by atoms with E-state index in [1.807, 2.05) is 43.0 Å². The van der Waals surface area contributed by atoms with Gasteiger partial charge in [0.05, 0.1) is 16.9 Å². The molecule has 30 heavy (non-hydrogen) atoms. The van der Waals surface area contributed by atoms with Crippen molar-refractivity contribution in [2.75, 3.05) is 22.3 Å². The zero-order chi connectivity index (χ0) is 20.5. The Hall–Kier alpha value is -3.72. The number of hydrogen-bond donors (Lipinski definition) is 3. The molecule has 9 nitrogen and oxygen atoms in total. The van der Waals surface area contributed by atoms with Crippen LogP contribution >= 0.6 is 0 Å². The van der Waals surface area contributed by atoms with Crippen molar-refractivity contribution in [1.29, 1.82) is 0 Å². The minimum atomic E-state index is -1.24. The van der Waals surface area contributed by atoms with Crippen molar-refractivity contribution in [3.05, 3.63) is 58.4 Å². The minimum absolute atomic E-state index is 0.310. The minimum Gasteiger partial charge on any atom is -0.471 e. The third-order valence-electron chi connectivity index (χ3n) is 5.68. The van der Waals surface area contributed by atoms with E-state index in [4.69, 9.17) is 14.3 Å². The summed E-state index contributed by atoms with van der Waals surface area (Å²) in [4.78, 5) is 24.7. The summed E-state index contributed by atoms with van der Waals surface area (Å²) in [5, 5.41) is 6.57. The van der Waals surface area contributed by atoms with Gasteiger partial charge in [0.15, 0.2) is 6.73 Å². The van der Waals surface area contributed by atoms with Crippen LogP contribution < -0.4 is 25.8 Å². The van der Waals surface area contributed by atoms with Crippen molar-refractivity contribution in [3.63, 3.8) is 0 Å². The van der Waals surface area contributed by atoms with Gasteiger partial charge in [-0.15, -0.1) is 0 Å². The van der Waals surface area contributed by atoms with Crippen molar-refractivity contribution in [3.8, 4) is 5.75 Å². The molecule has 0 saturated carbocycles. The van der Waals surface area contributed by atoms with Crippen LogP contribution in [0.25, 0.3) is 0 Å². The SMILES string of the molecule is CC1=C2NOC(Nc3cc(C)c4c(c3)C(=O)OC4)(N=C1)N2c1ccc2c(c1)NCO2. The molecular weight excluding hydrogens is 386 g/mol. The summed E-state index contributed by atoms with van der Waals surface area (Å²) < 4.78 is 10.7. The van der Waals surface area contributed by atoms with Gasteiger partial charge < -0.3 is 20.1 Å². The summed E-state index contributed by atoms with van der Waals surface area (Å²) >= 11 is 0. The van der Waals surface area contributed by atoms with Gasteiger partial charge in [-0.3, -0.25) is 4.90 Å². The quantitative estimate of drug-likeness (QED) is 0.671. The molecule has 0 aromatic heterocycles. The largest absolute Gasteiger partial charge is 0.471 e. The molecule has 2 bridgehead atoms. The molecule has 1 atom stereocenters. The van der Waals surface area contributed by atoms with Crippen LogP contribution in [0, 0.1) is 6.92 Å². The molecule has 1 saturated heterocycles. The fraction of sp³-hybridized carbons (Fsp3) is 0.238. The first-order valence-corrected chi connectivity index (χ1v) is 9.64. The monoisotopic (exact) mass is 405 g/mol. The second-order valence-corrected chi connectivity index (χ2v) is 7.60. The van der Waals surface area contributed by atoms with E-state index in [2.05, 4.69) is 21.1 Å². The van der Waals surface area contributed by atoms with Crippen molar-refractivity contribution >= 4 is 29.2 Å². The second-order valence-electron chi connectivity index (χ2n) is 7.60. The average molecular weight is 405 g/mol. The van der Waals surface area contributed by atoms with Gasteiger partial charge in [-0.1, -0.05) is 0 Å². The predicted octanol–water partition coefficient (Wildman–Crippen LogP) is 2.81. The molecule has 2 aromatic carbocycles. The van der Waals surface area contributed by atoms with Crippen molar-refractivity contribution in [2.45, 2.75) is 26.4 Å². The first-order chi connectivity index (χ1) is 14.5. The fourth-order valence-corrected chi connectivity index (χ4v) is 4.15. The third-order valence-corrected chi connectivity index (χ3v) is 5.68. The summed E-state index contributed by atoms with van der Waals surface area (Å²) in [5.41, 5.74) is 8.87. The van der Waals surface area contributed by atoms with E-state index < -0.39 is 5.97 Å². The smallest absolute Gasteiger partial charge is 0.351 e. The lowest BCUT2D eigenvalue weighted by Gasteiger charge is -2.36. The molecule has 1 fully saturated rings. The molecule has 3 N–H and O–H groups in total. The number of hydrogen-bond acceptors (Lipinski definition) is 9. The summed E-state index contributed by atoms with van der Waals surface area (Å²) in [6.45, 7) is 4.67. The lowest BCUT2D eigenvalue weighted by atomic mass is 10.0. The van der Waals surface area contributed by atoms with Gasteiger partial charge in [0, 0.05) is 23.0 Å². The highest BCUT2D eigenvalue weighted by molar-refractivity contribution is 5.95. The average Bonchev–Trinajstić information content (AvgIpc) is 3.41. The topological polar surface area (TPSA) is 96.5 Å². The Morgan fingerprint density at radius 2 is 2.10 bits per heavy atom. The van der Waals surface area contributed by atoms with Gasteiger partial charge in [-0.05, 0) is 49.7 Å². The van der Waals surface area contributed by atoms with E-state index >= 15 is 0 Å². The summed E-state index contributed by atoms with van der Waals surface area (Å²) in [7, 11) is 0. The molecule has 1 unspecified atom stereocenters. The number of nitrogens with one attached hydrogen (secondary N) is 3. The molecule has 0 radical (unpaired) electrons. The molecule has 4 aliphatic rings. The molecule has 0 spiro atoms. The maximum atomic E-state index is 12.1. The van der Waals surface area contributed by atoms with Crippen LogP contribution in [0.2, 0.25) is 0 Å². The third kappa shape index (κ3) is 2.32. The van der Waals surface area contributed by atoms with Crippen LogP contribution in [0.3, 0.4) is 0 Å². The number of esters is 1. The Bertz CT molecular complexity index is 1170. The molecule has 4 heterocycles. The Labute approximate surface area is 172 Å². The van der Waals surface area contributed by atoms with Crippen LogP contribution in [0.4, 0.5) is 17.1 Å². The van der Waals surface area contributed by atoms with Crippen LogP contribution in [-0.4, -0.2) is 24.9 Å².